The van der Waals surface area contributed by atoms with Crippen LogP contribution < -0.4 is 16.7 Å². The van der Waals surface area contributed by atoms with Gasteiger partial charge in [-0.2, -0.15) is 4.68 Å². The van der Waals surface area contributed by atoms with Gasteiger partial charge in [-0.1, -0.05) is 37.7 Å². The van der Waals surface area contributed by atoms with Crippen molar-refractivity contribution in [3.8, 4) is 0 Å². The highest BCUT2D eigenvalue weighted by molar-refractivity contribution is 7.99. The second kappa shape index (κ2) is 7.96. The average molecular weight is 347 g/mol. The van der Waals surface area contributed by atoms with Crippen LogP contribution in [0.4, 0.5) is 5.69 Å². The van der Waals surface area contributed by atoms with Crippen molar-refractivity contribution in [3.05, 3.63) is 45.9 Å². The van der Waals surface area contributed by atoms with Gasteiger partial charge in [0.15, 0.2) is 0 Å². The lowest BCUT2D eigenvalue weighted by atomic mass is 9.99. The Morgan fingerprint density at radius 1 is 1.33 bits per heavy atom. The van der Waals surface area contributed by atoms with E-state index in [2.05, 4.69) is 29.4 Å². The lowest BCUT2D eigenvalue weighted by Crippen LogP contribution is -2.32. The second-order valence-electron chi connectivity index (χ2n) is 5.51. The van der Waals surface area contributed by atoms with Gasteiger partial charge in [0.2, 0.25) is 11.1 Å². The molecule has 128 valence electrons. The number of aromatic nitrogens is 3. The number of anilines is 1. The summed E-state index contributed by atoms with van der Waals surface area (Å²) < 4.78 is 0.904. The molecule has 0 bridgehead atoms. The van der Waals surface area contributed by atoms with Crippen LogP contribution in [0.15, 0.2) is 34.2 Å². The third-order valence-corrected chi connectivity index (χ3v) is 4.67. The Morgan fingerprint density at radius 2 is 2.00 bits per heavy atom. The molecule has 24 heavy (non-hydrogen) atoms. The zero-order chi connectivity index (χ0) is 17.7. The number of amides is 1. The van der Waals surface area contributed by atoms with Crippen LogP contribution in [0.1, 0.15) is 37.4 Å². The van der Waals surface area contributed by atoms with Gasteiger partial charge < -0.3 is 11.2 Å². The minimum Gasteiger partial charge on any atom is -0.334 e. The van der Waals surface area contributed by atoms with Crippen LogP contribution in [0.2, 0.25) is 0 Å². The van der Waals surface area contributed by atoms with Gasteiger partial charge in [0.1, 0.15) is 5.69 Å². The molecule has 0 aliphatic carbocycles. The van der Waals surface area contributed by atoms with E-state index in [1.54, 1.807) is 0 Å². The SMILES string of the molecule is CC[C@@H](C)c1ccc(NC(=O)CSc2nnc(C)c(=O)n2N)cc1. The fraction of sp³-hybridized carbons (Fsp3) is 0.375. The summed E-state index contributed by atoms with van der Waals surface area (Å²) in [5, 5.41) is 10.6. The van der Waals surface area contributed by atoms with E-state index in [1.807, 2.05) is 24.3 Å². The van der Waals surface area contributed by atoms with Gasteiger partial charge in [-0.05, 0) is 37.0 Å². The van der Waals surface area contributed by atoms with Gasteiger partial charge in [0.05, 0.1) is 5.75 Å². The lowest BCUT2D eigenvalue weighted by molar-refractivity contribution is -0.113. The number of nitrogen functional groups attached to an aromatic ring is 1. The van der Waals surface area contributed by atoms with Gasteiger partial charge in [0, 0.05) is 5.69 Å². The summed E-state index contributed by atoms with van der Waals surface area (Å²) >= 11 is 1.06. The third-order valence-electron chi connectivity index (χ3n) is 3.73. The largest absolute Gasteiger partial charge is 0.334 e. The lowest BCUT2D eigenvalue weighted by Gasteiger charge is -2.10. The number of hydrogen-bond acceptors (Lipinski definition) is 6. The summed E-state index contributed by atoms with van der Waals surface area (Å²) in [6.07, 6.45) is 1.07. The summed E-state index contributed by atoms with van der Waals surface area (Å²) in [5.41, 5.74) is 1.76. The maximum Gasteiger partial charge on any atom is 0.294 e. The molecule has 1 heterocycles. The molecular weight excluding hydrogens is 326 g/mol. The van der Waals surface area contributed by atoms with E-state index in [0.29, 0.717) is 5.92 Å². The molecule has 0 aliphatic heterocycles. The van der Waals surface area contributed by atoms with Crippen molar-refractivity contribution in [1.82, 2.24) is 14.9 Å². The molecule has 2 rings (SSSR count). The van der Waals surface area contributed by atoms with E-state index < -0.39 is 5.56 Å². The number of nitrogens with zero attached hydrogens (tertiary/aromatic N) is 3. The summed E-state index contributed by atoms with van der Waals surface area (Å²) in [6.45, 7) is 5.84. The van der Waals surface area contributed by atoms with Crippen molar-refractivity contribution < 1.29 is 4.79 Å². The summed E-state index contributed by atoms with van der Waals surface area (Å²) in [5.74, 6) is 6.00. The molecule has 7 nitrogen and oxygen atoms in total. The number of nitrogens with one attached hydrogen (secondary N) is 1. The predicted octanol–water partition coefficient (Wildman–Crippen LogP) is 1.90. The third kappa shape index (κ3) is 4.35. The predicted molar refractivity (Wildman–Crippen MR) is 95.7 cm³/mol. The number of carbonyl (C=O) groups excluding carboxylic acids is 1. The number of benzene rings is 1. The van der Waals surface area contributed by atoms with Gasteiger partial charge in [-0.15, -0.1) is 10.2 Å². The number of nitrogens with two attached hydrogens (primary N) is 1. The summed E-state index contributed by atoms with van der Waals surface area (Å²) in [6, 6.07) is 7.79. The van der Waals surface area contributed by atoms with Crippen molar-refractivity contribution in [1.29, 1.82) is 0 Å². The maximum atomic E-state index is 12.0. The molecule has 1 aromatic carbocycles. The molecule has 2 aromatic rings. The Balaban J connectivity index is 1.94. The highest BCUT2D eigenvalue weighted by Gasteiger charge is 2.11. The first-order valence-electron chi connectivity index (χ1n) is 7.66. The van der Waals surface area contributed by atoms with Gasteiger partial charge in [-0.25, -0.2) is 0 Å². The second-order valence-corrected chi connectivity index (χ2v) is 6.45. The summed E-state index contributed by atoms with van der Waals surface area (Å²) in [4.78, 5) is 23.7. The number of hydrogen-bond donors (Lipinski definition) is 2. The Labute approximate surface area is 144 Å². The highest BCUT2D eigenvalue weighted by atomic mass is 32.2. The number of thioether (sulfide) groups is 1. The first-order valence-corrected chi connectivity index (χ1v) is 8.65. The Morgan fingerprint density at radius 3 is 2.62 bits per heavy atom. The molecule has 1 amide bonds. The first-order chi connectivity index (χ1) is 11.4. The van der Waals surface area contributed by atoms with E-state index in [-0.39, 0.29) is 22.5 Å². The molecule has 0 saturated heterocycles. The topological polar surface area (TPSA) is 103 Å². The van der Waals surface area contributed by atoms with Crippen LogP contribution in [0, 0.1) is 6.92 Å². The number of aryl methyl sites for hydroxylation is 1. The smallest absolute Gasteiger partial charge is 0.294 e. The number of rotatable bonds is 6. The molecular formula is C16H21N5O2S. The normalized spacial score (nSPS) is 12.0. The van der Waals surface area contributed by atoms with Crippen LogP contribution in [0.3, 0.4) is 0 Å². The van der Waals surface area contributed by atoms with Crippen molar-refractivity contribution in [2.24, 2.45) is 0 Å². The van der Waals surface area contributed by atoms with E-state index in [1.165, 1.54) is 12.5 Å². The molecule has 1 atom stereocenters. The minimum absolute atomic E-state index is 0.0848. The fourth-order valence-corrected chi connectivity index (χ4v) is 2.68. The van der Waals surface area contributed by atoms with Crippen molar-refractivity contribution in [2.45, 2.75) is 38.3 Å². The van der Waals surface area contributed by atoms with Gasteiger partial charge >= 0.3 is 0 Å². The van der Waals surface area contributed by atoms with Crippen molar-refractivity contribution in [3.63, 3.8) is 0 Å². The first kappa shape index (κ1) is 18.0. The van der Waals surface area contributed by atoms with Crippen molar-refractivity contribution >= 4 is 23.4 Å². The van der Waals surface area contributed by atoms with Crippen molar-refractivity contribution in [2.75, 3.05) is 16.9 Å². The van der Waals surface area contributed by atoms with Crippen LogP contribution in [0.25, 0.3) is 0 Å². The Hall–Kier alpha value is -2.35. The molecule has 0 spiro atoms. The molecule has 8 heteroatoms. The maximum absolute atomic E-state index is 12.0. The van der Waals surface area contributed by atoms with E-state index in [9.17, 15) is 9.59 Å². The summed E-state index contributed by atoms with van der Waals surface area (Å²) in [7, 11) is 0. The van der Waals surface area contributed by atoms with Gasteiger partial charge in [-0.3, -0.25) is 9.59 Å². The number of carbonyl (C=O) groups is 1. The van der Waals surface area contributed by atoms with E-state index in [4.69, 9.17) is 5.84 Å². The van der Waals surface area contributed by atoms with Gasteiger partial charge in [0.25, 0.3) is 5.56 Å². The molecule has 0 radical (unpaired) electrons. The zero-order valence-electron chi connectivity index (χ0n) is 13.9. The molecule has 0 fully saturated rings. The fourth-order valence-electron chi connectivity index (χ4n) is 2.03. The highest BCUT2D eigenvalue weighted by Crippen LogP contribution is 2.20. The minimum atomic E-state index is -0.423. The molecule has 1 aromatic heterocycles. The molecule has 0 aliphatic rings. The van der Waals surface area contributed by atoms with E-state index >= 15 is 0 Å². The van der Waals surface area contributed by atoms with Crippen LogP contribution in [0.5, 0.6) is 0 Å². The van der Waals surface area contributed by atoms with E-state index in [0.717, 1.165) is 28.5 Å². The Bertz CT molecular complexity index is 773. The molecule has 0 unspecified atom stereocenters. The Kier molecular flexibility index (Phi) is 5.97. The average Bonchev–Trinajstić information content (AvgIpc) is 2.59. The van der Waals surface area contributed by atoms with Crippen LogP contribution >= 0.6 is 11.8 Å². The quantitative estimate of drug-likeness (QED) is 0.611. The van der Waals surface area contributed by atoms with Crippen LogP contribution in [-0.4, -0.2) is 26.5 Å². The molecule has 0 saturated carbocycles. The molecule has 3 N–H and O–H groups in total. The standard InChI is InChI=1S/C16H21N5O2S/c1-4-10(2)12-5-7-13(8-6-12)18-14(22)9-24-16-20-19-11(3)15(23)21(16)17/h5-8,10H,4,9,17H2,1-3H3,(H,18,22)/t10-/m1/s1. The van der Waals surface area contributed by atoms with Crippen LogP contribution in [-0.2, 0) is 4.79 Å². The monoisotopic (exact) mass is 347 g/mol. The zero-order valence-corrected chi connectivity index (χ0v) is 14.8.